The molecule has 2 heterocycles. The maximum Gasteiger partial charge on any atom is 0.280 e. The minimum Gasteiger partial charge on any atom is -0.471 e. The van der Waals surface area contributed by atoms with Crippen LogP contribution in [0.15, 0.2) is 41.2 Å². The Bertz CT molecular complexity index is 1520. The van der Waals surface area contributed by atoms with Crippen LogP contribution in [-0.4, -0.2) is 50.5 Å². The van der Waals surface area contributed by atoms with Gasteiger partial charge >= 0.3 is 0 Å². The third kappa shape index (κ3) is 5.49. The highest BCUT2D eigenvalue weighted by Gasteiger charge is 2.39. The molecule has 2 amide bonds. The number of hydrogen-bond acceptors (Lipinski definition) is 7. The Morgan fingerprint density at radius 1 is 1.13 bits per heavy atom. The zero-order valence-corrected chi connectivity index (χ0v) is 22.0. The molecule has 3 aromatic rings. The first kappa shape index (κ1) is 28.1. The van der Waals surface area contributed by atoms with Crippen LogP contribution in [0, 0.1) is 18.6 Å². The highest BCUT2D eigenvalue weighted by molar-refractivity contribution is 6.31. The number of benzene rings is 2. The molecule has 2 N–H and O–H groups in total. The van der Waals surface area contributed by atoms with Crippen molar-refractivity contribution in [3.63, 3.8) is 0 Å². The maximum atomic E-state index is 14.0. The third-order valence-electron chi connectivity index (χ3n) is 6.02. The highest BCUT2D eigenvalue weighted by Crippen LogP contribution is 2.39. The van der Waals surface area contributed by atoms with Gasteiger partial charge in [-0.15, -0.1) is 0 Å². The lowest BCUT2D eigenvalue weighted by molar-refractivity contribution is -0.133. The van der Waals surface area contributed by atoms with E-state index in [0.29, 0.717) is 11.8 Å². The van der Waals surface area contributed by atoms with Gasteiger partial charge < -0.3 is 14.9 Å². The number of aryl methyl sites for hydroxylation is 1. The van der Waals surface area contributed by atoms with E-state index in [1.807, 2.05) is 0 Å². The molecule has 0 atom stereocenters. The van der Waals surface area contributed by atoms with Crippen molar-refractivity contribution in [3.05, 3.63) is 74.8 Å². The Labute approximate surface area is 226 Å². The number of aliphatic hydroxyl groups excluding tert-OH is 1. The molecular formula is C26H25ClF2N4O6. The molecule has 0 aliphatic carbocycles. The quantitative estimate of drug-likeness (QED) is 0.453. The number of carbonyl (C=O) groups excluding carboxylic acids is 2. The fourth-order valence-corrected chi connectivity index (χ4v) is 4.29. The highest BCUT2D eigenvalue weighted by atomic mass is 35.5. The molecule has 4 rings (SSSR count). The molecule has 2 aromatic carbocycles. The first-order valence-corrected chi connectivity index (χ1v) is 12.2. The Kier molecular flexibility index (Phi) is 7.73. The third-order valence-corrected chi connectivity index (χ3v) is 6.35. The number of halogens is 3. The zero-order chi connectivity index (χ0) is 28.6. The van der Waals surface area contributed by atoms with Gasteiger partial charge in [0.15, 0.2) is 5.02 Å². The number of amides is 2. The van der Waals surface area contributed by atoms with E-state index in [1.165, 1.54) is 59.4 Å². The van der Waals surface area contributed by atoms with E-state index >= 15 is 0 Å². The first-order chi connectivity index (χ1) is 18.3. The van der Waals surface area contributed by atoms with Crippen LogP contribution in [0.3, 0.4) is 0 Å². The number of aromatic nitrogens is 2. The van der Waals surface area contributed by atoms with Crippen molar-refractivity contribution in [1.82, 2.24) is 9.55 Å². The summed E-state index contributed by atoms with van der Waals surface area (Å²) >= 11 is 6.26. The molecule has 1 aliphatic heterocycles. The topological polar surface area (TPSA) is 125 Å². The van der Waals surface area contributed by atoms with Gasteiger partial charge in [-0.3, -0.25) is 28.8 Å². The number of carbonyl (C=O) groups is 2. The smallest absolute Gasteiger partial charge is 0.280 e. The van der Waals surface area contributed by atoms with Crippen LogP contribution >= 0.6 is 11.6 Å². The van der Waals surface area contributed by atoms with Crippen LogP contribution in [-0.2, 0) is 16.2 Å². The largest absolute Gasteiger partial charge is 0.471 e. The van der Waals surface area contributed by atoms with Crippen molar-refractivity contribution in [2.45, 2.75) is 39.4 Å². The van der Waals surface area contributed by atoms with Crippen LogP contribution in [0.1, 0.15) is 31.7 Å². The predicted octanol–water partition coefficient (Wildman–Crippen LogP) is 2.84. The summed E-state index contributed by atoms with van der Waals surface area (Å²) in [6, 6.07) is 7.50. The summed E-state index contributed by atoms with van der Waals surface area (Å²) < 4.78 is 33.8. The lowest BCUT2D eigenvalue weighted by atomic mass is 10.1. The molecule has 0 saturated carbocycles. The summed E-state index contributed by atoms with van der Waals surface area (Å²) in [5.41, 5.74) is -1.59. The summed E-state index contributed by atoms with van der Waals surface area (Å²) in [4.78, 5) is 45.6. The predicted molar refractivity (Wildman–Crippen MR) is 138 cm³/mol. The second-order valence-electron chi connectivity index (χ2n) is 9.35. The molecule has 0 unspecified atom stereocenters. The number of anilines is 2. The number of aliphatic hydroxyl groups is 2. The van der Waals surface area contributed by atoms with Gasteiger partial charge in [0, 0.05) is 11.6 Å². The van der Waals surface area contributed by atoms with Crippen LogP contribution in [0.25, 0.3) is 5.69 Å². The van der Waals surface area contributed by atoms with Gasteiger partial charge in [-0.1, -0.05) is 11.6 Å². The molecule has 13 heteroatoms. The SMILES string of the molecule is Cc1nc(OCc2ccc(F)cc2F)c(Cl)c(=O)n1-c1ccc2c(c1)N(C(=O)C(C)(C)O)CN2C(=O)CCO. The van der Waals surface area contributed by atoms with Crippen LogP contribution in [0.4, 0.5) is 20.2 Å². The van der Waals surface area contributed by atoms with E-state index in [1.54, 1.807) is 0 Å². The molecule has 0 fully saturated rings. The van der Waals surface area contributed by atoms with Crippen molar-refractivity contribution in [2.75, 3.05) is 23.1 Å². The fraction of sp³-hybridized carbons (Fsp3) is 0.308. The maximum absolute atomic E-state index is 14.0. The average Bonchev–Trinajstić information content (AvgIpc) is 3.24. The van der Waals surface area contributed by atoms with Crippen LogP contribution in [0.5, 0.6) is 5.88 Å². The molecule has 0 bridgehead atoms. The van der Waals surface area contributed by atoms with E-state index in [4.69, 9.17) is 16.3 Å². The summed E-state index contributed by atoms with van der Waals surface area (Å²) in [5, 5.41) is 19.1. The molecular weight excluding hydrogens is 538 g/mol. The Hall–Kier alpha value is -3.87. The summed E-state index contributed by atoms with van der Waals surface area (Å²) in [6.45, 7) is 3.19. The molecule has 0 radical (unpaired) electrons. The van der Waals surface area contributed by atoms with Gasteiger partial charge in [0.2, 0.25) is 11.8 Å². The zero-order valence-electron chi connectivity index (χ0n) is 21.2. The van der Waals surface area contributed by atoms with Crippen molar-refractivity contribution in [1.29, 1.82) is 0 Å². The van der Waals surface area contributed by atoms with E-state index in [-0.39, 0.29) is 54.9 Å². The Morgan fingerprint density at radius 2 is 1.85 bits per heavy atom. The Morgan fingerprint density at radius 3 is 2.49 bits per heavy atom. The van der Waals surface area contributed by atoms with Gasteiger partial charge in [-0.25, -0.2) is 8.78 Å². The molecule has 0 saturated heterocycles. The second-order valence-corrected chi connectivity index (χ2v) is 9.72. The number of nitrogens with zero attached hydrogens (tertiary/aromatic N) is 4. The van der Waals surface area contributed by atoms with Crippen molar-refractivity contribution >= 4 is 34.8 Å². The second kappa shape index (κ2) is 10.7. The number of ether oxygens (including phenoxy) is 1. The van der Waals surface area contributed by atoms with Gasteiger partial charge in [-0.05, 0) is 51.1 Å². The van der Waals surface area contributed by atoms with Gasteiger partial charge in [0.25, 0.3) is 11.5 Å². The Balaban J connectivity index is 1.73. The van der Waals surface area contributed by atoms with Gasteiger partial charge in [0.05, 0.1) is 30.1 Å². The van der Waals surface area contributed by atoms with E-state index in [9.17, 15) is 33.4 Å². The normalized spacial score (nSPS) is 13.0. The number of fused-ring (bicyclic) bond motifs is 1. The fourth-order valence-electron chi connectivity index (χ4n) is 4.10. The standard InChI is InChI=1S/C26H25ClF2N4O6/c1-14-30-23(39-12-15-4-5-16(28)10-18(15)29)22(27)24(36)33(14)17-6-7-19-20(11-17)32(25(37)26(2,3)38)13-31(19)21(35)8-9-34/h4-7,10-11,34,38H,8-9,12-13H2,1-3H3. The monoisotopic (exact) mass is 562 g/mol. The lowest BCUT2D eigenvalue weighted by Gasteiger charge is -2.25. The molecule has 0 spiro atoms. The van der Waals surface area contributed by atoms with Gasteiger partial charge in [-0.2, -0.15) is 4.98 Å². The van der Waals surface area contributed by atoms with E-state index < -0.39 is 39.6 Å². The molecule has 39 heavy (non-hydrogen) atoms. The summed E-state index contributed by atoms with van der Waals surface area (Å²) in [5.74, 6) is -2.80. The molecule has 10 nitrogen and oxygen atoms in total. The first-order valence-electron chi connectivity index (χ1n) is 11.8. The lowest BCUT2D eigenvalue weighted by Crippen LogP contribution is -2.47. The summed E-state index contributed by atoms with van der Waals surface area (Å²) in [7, 11) is 0. The van der Waals surface area contributed by atoms with Crippen molar-refractivity contribution < 1.29 is 33.3 Å². The average molecular weight is 563 g/mol. The molecule has 1 aliphatic rings. The minimum atomic E-state index is -1.76. The van der Waals surface area contributed by atoms with E-state index in [2.05, 4.69) is 4.98 Å². The van der Waals surface area contributed by atoms with Crippen LogP contribution in [0.2, 0.25) is 5.02 Å². The van der Waals surface area contributed by atoms with Crippen molar-refractivity contribution in [2.24, 2.45) is 0 Å². The summed E-state index contributed by atoms with van der Waals surface area (Å²) in [6.07, 6.45) is -0.173. The number of rotatable bonds is 7. The van der Waals surface area contributed by atoms with Crippen molar-refractivity contribution in [3.8, 4) is 11.6 Å². The molecule has 206 valence electrons. The van der Waals surface area contributed by atoms with Crippen LogP contribution < -0.4 is 20.1 Å². The minimum absolute atomic E-state index is 0.0339. The van der Waals surface area contributed by atoms with Gasteiger partial charge in [0.1, 0.15) is 36.3 Å². The molecule has 1 aromatic heterocycles. The number of hydrogen-bond donors (Lipinski definition) is 2. The van der Waals surface area contributed by atoms with E-state index in [0.717, 1.165) is 6.07 Å².